The minimum Gasteiger partial charge on any atom is -0.455 e. The summed E-state index contributed by atoms with van der Waals surface area (Å²) in [4.78, 5) is 4.95. The standard InChI is InChI=1S/C13H12BrN3OS/c1-19-11-4-2-3-10(12(11)13(15)16)18-9-5-8(14)6-17-7-9/h2-7H,1H3,(H3,15,16). The third kappa shape index (κ3) is 3.27. The van der Waals surface area contributed by atoms with Gasteiger partial charge in [-0.2, -0.15) is 0 Å². The molecule has 0 saturated heterocycles. The fraction of sp³-hybridized carbons (Fsp3) is 0.0769. The van der Waals surface area contributed by atoms with E-state index in [2.05, 4.69) is 20.9 Å². The molecule has 0 aliphatic carbocycles. The molecule has 0 saturated carbocycles. The van der Waals surface area contributed by atoms with Gasteiger partial charge in [-0.3, -0.25) is 10.4 Å². The molecule has 98 valence electrons. The minimum atomic E-state index is -0.0112. The molecule has 6 heteroatoms. The summed E-state index contributed by atoms with van der Waals surface area (Å²) < 4.78 is 6.60. The van der Waals surface area contributed by atoms with E-state index in [1.807, 2.05) is 24.5 Å². The summed E-state index contributed by atoms with van der Waals surface area (Å²) >= 11 is 4.86. The molecule has 1 aromatic heterocycles. The molecule has 0 spiro atoms. The molecule has 4 nitrogen and oxygen atoms in total. The molecule has 3 N–H and O–H groups in total. The lowest BCUT2D eigenvalue weighted by molar-refractivity contribution is 0.477. The van der Waals surface area contributed by atoms with Crippen LogP contribution in [0.4, 0.5) is 0 Å². The Balaban J connectivity index is 2.42. The molecule has 0 amide bonds. The molecule has 2 aromatic rings. The lowest BCUT2D eigenvalue weighted by atomic mass is 10.2. The number of amidine groups is 1. The Bertz CT molecular complexity index is 619. The normalized spacial score (nSPS) is 10.2. The molecule has 0 unspecified atom stereocenters. The first-order chi connectivity index (χ1) is 9.11. The maximum absolute atomic E-state index is 7.69. The van der Waals surface area contributed by atoms with Crippen molar-refractivity contribution in [2.45, 2.75) is 4.90 Å². The SMILES string of the molecule is CSc1cccc(Oc2cncc(Br)c2)c1C(=N)N. The Labute approximate surface area is 124 Å². The van der Waals surface area contributed by atoms with Crippen LogP contribution in [-0.4, -0.2) is 17.1 Å². The largest absolute Gasteiger partial charge is 0.455 e. The number of aromatic nitrogens is 1. The van der Waals surface area contributed by atoms with Crippen LogP contribution in [0, 0.1) is 5.41 Å². The number of nitrogens with one attached hydrogen (secondary N) is 1. The summed E-state index contributed by atoms with van der Waals surface area (Å²) in [6.45, 7) is 0. The number of nitrogens with two attached hydrogens (primary N) is 1. The average Bonchev–Trinajstić information content (AvgIpc) is 2.38. The summed E-state index contributed by atoms with van der Waals surface area (Å²) in [7, 11) is 0. The van der Waals surface area contributed by atoms with E-state index in [4.69, 9.17) is 15.9 Å². The fourth-order valence-electron chi connectivity index (χ4n) is 1.61. The summed E-state index contributed by atoms with van der Waals surface area (Å²) in [5.74, 6) is 1.14. The average molecular weight is 338 g/mol. The van der Waals surface area contributed by atoms with Crippen LogP contribution in [0.25, 0.3) is 0 Å². The van der Waals surface area contributed by atoms with Gasteiger partial charge < -0.3 is 10.5 Å². The molecule has 0 aliphatic rings. The molecule has 19 heavy (non-hydrogen) atoms. The molecule has 0 radical (unpaired) electrons. The third-order valence-electron chi connectivity index (χ3n) is 2.38. The third-order valence-corrected chi connectivity index (χ3v) is 3.60. The van der Waals surface area contributed by atoms with Gasteiger partial charge in [0.15, 0.2) is 0 Å². The zero-order valence-electron chi connectivity index (χ0n) is 10.2. The highest BCUT2D eigenvalue weighted by Crippen LogP contribution is 2.32. The molecule has 0 atom stereocenters. The Morgan fingerprint density at radius 3 is 2.84 bits per heavy atom. The van der Waals surface area contributed by atoms with Gasteiger partial charge >= 0.3 is 0 Å². The number of benzene rings is 1. The van der Waals surface area contributed by atoms with E-state index in [0.717, 1.165) is 9.37 Å². The van der Waals surface area contributed by atoms with Crippen LogP contribution in [0.3, 0.4) is 0 Å². The number of rotatable bonds is 4. The molecule has 1 heterocycles. The van der Waals surface area contributed by atoms with Crippen LogP contribution in [-0.2, 0) is 0 Å². The second-order valence-electron chi connectivity index (χ2n) is 3.69. The first kappa shape index (κ1) is 13.9. The molecular formula is C13H12BrN3OS. The van der Waals surface area contributed by atoms with E-state index in [-0.39, 0.29) is 5.84 Å². The van der Waals surface area contributed by atoms with Crippen molar-refractivity contribution in [3.05, 3.63) is 46.7 Å². The molecular weight excluding hydrogens is 326 g/mol. The van der Waals surface area contributed by atoms with E-state index >= 15 is 0 Å². The van der Waals surface area contributed by atoms with Crippen molar-refractivity contribution >= 4 is 33.5 Å². The number of pyridine rings is 1. The summed E-state index contributed by atoms with van der Waals surface area (Å²) in [5.41, 5.74) is 6.25. The van der Waals surface area contributed by atoms with Gasteiger partial charge in [-0.05, 0) is 40.4 Å². The van der Waals surface area contributed by atoms with Crippen molar-refractivity contribution in [1.29, 1.82) is 5.41 Å². The van der Waals surface area contributed by atoms with Crippen LogP contribution in [0.2, 0.25) is 0 Å². The number of ether oxygens (including phenoxy) is 1. The minimum absolute atomic E-state index is 0.0112. The van der Waals surface area contributed by atoms with Crippen LogP contribution in [0.15, 0.2) is 46.0 Å². The van der Waals surface area contributed by atoms with Gasteiger partial charge in [0.1, 0.15) is 17.3 Å². The van der Waals surface area contributed by atoms with E-state index in [1.54, 1.807) is 18.5 Å². The zero-order chi connectivity index (χ0) is 13.8. The maximum Gasteiger partial charge on any atom is 0.146 e. The maximum atomic E-state index is 7.69. The van der Waals surface area contributed by atoms with Crippen molar-refractivity contribution in [1.82, 2.24) is 4.98 Å². The molecule has 0 aliphatic heterocycles. The quantitative estimate of drug-likeness (QED) is 0.507. The van der Waals surface area contributed by atoms with Gasteiger partial charge in [-0.25, -0.2) is 0 Å². The number of nitrogens with zero attached hydrogens (tertiary/aromatic N) is 1. The van der Waals surface area contributed by atoms with E-state index < -0.39 is 0 Å². The number of nitrogen functional groups attached to an aromatic ring is 1. The Kier molecular flexibility index (Phi) is 4.44. The van der Waals surface area contributed by atoms with Crippen molar-refractivity contribution in [3.63, 3.8) is 0 Å². The number of hydrogen-bond acceptors (Lipinski definition) is 4. The smallest absolute Gasteiger partial charge is 0.146 e. The van der Waals surface area contributed by atoms with Crippen molar-refractivity contribution in [2.24, 2.45) is 5.73 Å². The highest BCUT2D eigenvalue weighted by atomic mass is 79.9. The Morgan fingerprint density at radius 1 is 1.42 bits per heavy atom. The summed E-state index contributed by atoms with van der Waals surface area (Å²) in [5, 5.41) is 7.69. The molecule has 2 rings (SSSR count). The van der Waals surface area contributed by atoms with Gasteiger partial charge in [-0.1, -0.05) is 6.07 Å². The lowest BCUT2D eigenvalue weighted by Crippen LogP contribution is -2.13. The topological polar surface area (TPSA) is 72.0 Å². The van der Waals surface area contributed by atoms with Gasteiger partial charge in [0.05, 0.1) is 11.8 Å². The first-order valence-corrected chi connectivity index (χ1v) is 7.43. The van der Waals surface area contributed by atoms with Gasteiger partial charge in [0.2, 0.25) is 0 Å². The fourth-order valence-corrected chi connectivity index (χ4v) is 2.58. The highest BCUT2D eigenvalue weighted by molar-refractivity contribution is 9.10. The van der Waals surface area contributed by atoms with Gasteiger partial charge in [0, 0.05) is 15.6 Å². The molecule has 1 aromatic carbocycles. The first-order valence-electron chi connectivity index (χ1n) is 5.41. The van der Waals surface area contributed by atoms with Crippen LogP contribution >= 0.6 is 27.7 Å². The number of hydrogen-bond donors (Lipinski definition) is 2. The van der Waals surface area contributed by atoms with Crippen molar-refractivity contribution in [2.75, 3.05) is 6.26 Å². The van der Waals surface area contributed by atoms with Crippen molar-refractivity contribution in [3.8, 4) is 11.5 Å². The van der Waals surface area contributed by atoms with Crippen molar-refractivity contribution < 1.29 is 4.74 Å². The summed E-state index contributed by atoms with van der Waals surface area (Å²) in [6, 6.07) is 7.38. The van der Waals surface area contributed by atoms with Crippen LogP contribution in [0.5, 0.6) is 11.5 Å². The molecule has 0 fully saturated rings. The Morgan fingerprint density at radius 2 is 2.21 bits per heavy atom. The van der Waals surface area contributed by atoms with Gasteiger partial charge in [0.25, 0.3) is 0 Å². The predicted molar refractivity (Wildman–Crippen MR) is 81.3 cm³/mol. The highest BCUT2D eigenvalue weighted by Gasteiger charge is 2.12. The second kappa shape index (κ2) is 6.08. The second-order valence-corrected chi connectivity index (χ2v) is 5.45. The molecule has 0 bridgehead atoms. The van der Waals surface area contributed by atoms with E-state index in [0.29, 0.717) is 17.1 Å². The monoisotopic (exact) mass is 337 g/mol. The lowest BCUT2D eigenvalue weighted by Gasteiger charge is -2.13. The Hall–Kier alpha value is -1.53. The van der Waals surface area contributed by atoms with E-state index in [9.17, 15) is 0 Å². The summed E-state index contributed by atoms with van der Waals surface area (Å²) in [6.07, 6.45) is 5.23. The van der Waals surface area contributed by atoms with Gasteiger partial charge in [-0.15, -0.1) is 11.8 Å². The van der Waals surface area contributed by atoms with Crippen LogP contribution < -0.4 is 10.5 Å². The van der Waals surface area contributed by atoms with E-state index in [1.165, 1.54) is 11.8 Å². The predicted octanol–water partition coefficient (Wildman–Crippen LogP) is 3.64. The van der Waals surface area contributed by atoms with Crippen LogP contribution in [0.1, 0.15) is 5.56 Å². The number of halogens is 1. The zero-order valence-corrected chi connectivity index (χ0v) is 12.6. The number of thioether (sulfide) groups is 1.